The van der Waals surface area contributed by atoms with Crippen molar-refractivity contribution in [3.8, 4) is 0 Å². The summed E-state index contributed by atoms with van der Waals surface area (Å²) < 4.78 is 7.66. The van der Waals surface area contributed by atoms with Crippen LogP contribution >= 0.6 is 0 Å². The molecule has 0 radical (unpaired) electrons. The monoisotopic (exact) mass is 334 g/mol. The second-order valence-electron chi connectivity index (χ2n) is 8.10. The highest BCUT2D eigenvalue weighted by atomic mass is 16.6. The molecular weight excluding hydrogens is 304 g/mol. The van der Waals surface area contributed by atoms with Crippen molar-refractivity contribution in [1.82, 2.24) is 19.8 Å². The van der Waals surface area contributed by atoms with Crippen LogP contribution in [0, 0.1) is 0 Å². The number of aryl methyl sites for hydroxylation is 1. The molecule has 6 nitrogen and oxygen atoms in total. The van der Waals surface area contributed by atoms with E-state index in [2.05, 4.69) is 14.9 Å². The van der Waals surface area contributed by atoms with Gasteiger partial charge in [-0.3, -0.25) is 0 Å². The van der Waals surface area contributed by atoms with Crippen molar-refractivity contribution < 1.29 is 9.53 Å². The maximum absolute atomic E-state index is 12.5. The minimum Gasteiger partial charge on any atom is -0.444 e. The first kappa shape index (κ1) is 17.3. The second-order valence-corrected chi connectivity index (χ2v) is 8.10. The van der Waals surface area contributed by atoms with Crippen molar-refractivity contribution in [2.45, 2.75) is 76.6 Å². The zero-order chi connectivity index (χ0) is 17.3. The van der Waals surface area contributed by atoms with E-state index >= 15 is 0 Å². The summed E-state index contributed by atoms with van der Waals surface area (Å²) in [5, 5.41) is 3.66. The predicted octanol–water partition coefficient (Wildman–Crippen LogP) is 2.48. The molecule has 2 aliphatic heterocycles. The molecule has 1 aromatic heterocycles. The van der Waals surface area contributed by atoms with Crippen LogP contribution in [0.4, 0.5) is 4.79 Å². The number of nitrogens with one attached hydrogen (secondary N) is 1. The van der Waals surface area contributed by atoms with E-state index in [1.54, 1.807) is 0 Å². The molecule has 134 valence electrons. The van der Waals surface area contributed by atoms with Gasteiger partial charge in [-0.05, 0) is 46.5 Å². The molecule has 1 N–H and O–H groups in total. The van der Waals surface area contributed by atoms with E-state index in [1.165, 1.54) is 0 Å². The third kappa shape index (κ3) is 3.91. The van der Waals surface area contributed by atoms with Gasteiger partial charge in [-0.2, -0.15) is 0 Å². The highest BCUT2D eigenvalue weighted by molar-refractivity contribution is 5.69. The van der Waals surface area contributed by atoms with Gasteiger partial charge in [-0.15, -0.1) is 0 Å². The number of hydrogen-bond acceptors (Lipinski definition) is 4. The molecule has 1 aromatic rings. The number of amides is 1. The van der Waals surface area contributed by atoms with Crippen LogP contribution in [0.5, 0.6) is 0 Å². The molecule has 2 bridgehead atoms. The third-order valence-corrected chi connectivity index (χ3v) is 5.04. The first-order valence-corrected chi connectivity index (χ1v) is 9.04. The number of rotatable bonds is 4. The van der Waals surface area contributed by atoms with Crippen LogP contribution in [0.25, 0.3) is 0 Å². The molecule has 0 aromatic carbocycles. The Morgan fingerprint density at radius 2 is 2.00 bits per heavy atom. The lowest BCUT2D eigenvalue weighted by Crippen LogP contribution is -2.52. The molecule has 0 spiro atoms. The smallest absolute Gasteiger partial charge is 0.410 e. The summed E-state index contributed by atoms with van der Waals surface area (Å²) in [5.41, 5.74) is -0.423. The zero-order valence-electron chi connectivity index (χ0n) is 15.3. The highest BCUT2D eigenvalue weighted by Gasteiger charge is 2.44. The van der Waals surface area contributed by atoms with E-state index < -0.39 is 5.60 Å². The molecular formula is C18H30N4O2. The summed E-state index contributed by atoms with van der Waals surface area (Å²) in [7, 11) is 2.03. The van der Waals surface area contributed by atoms with E-state index in [0.29, 0.717) is 18.1 Å². The largest absolute Gasteiger partial charge is 0.444 e. The molecule has 6 heteroatoms. The Hall–Kier alpha value is -1.56. The van der Waals surface area contributed by atoms with Gasteiger partial charge in [0.1, 0.15) is 11.4 Å². The van der Waals surface area contributed by atoms with Gasteiger partial charge in [0.05, 0.1) is 0 Å². The number of imidazole rings is 1. The van der Waals surface area contributed by atoms with Crippen LogP contribution in [-0.2, 0) is 18.2 Å². The Morgan fingerprint density at radius 1 is 1.33 bits per heavy atom. The number of piperidine rings is 1. The lowest BCUT2D eigenvalue weighted by molar-refractivity contribution is 0.00477. The molecule has 3 rings (SSSR count). The minimum atomic E-state index is -0.423. The fraction of sp³-hybridized carbons (Fsp3) is 0.778. The summed E-state index contributed by atoms with van der Waals surface area (Å²) in [6, 6.07) is 1.13. The molecule has 24 heavy (non-hydrogen) atoms. The van der Waals surface area contributed by atoms with Crippen LogP contribution in [0.15, 0.2) is 12.4 Å². The lowest BCUT2D eigenvalue weighted by Gasteiger charge is -2.39. The maximum Gasteiger partial charge on any atom is 0.410 e. The third-order valence-electron chi connectivity index (χ3n) is 5.04. The number of ether oxygens (including phenoxy) is 1. The maximum atomic E-state index is 12.5. The minimum absolute atomic E-state index is 0.138. The van der Waals surface area contributed by atoms with Gasteiger partial charge in [0.25, 0.3) is 0 Å². The molecule has 0 saturated carbocycles. The van der Waals surface area contributed by atoms with E-state index in [1.807, 2.05) is 45.1 Å². The van der Waals surface area contributed by atoms with Gasteiger partial charge in [-0.1, -0.05) is 0 Å². The molecule has 2 saturated heterocycles. The van der Waals surface area contributed by atoms with Gasteiger partial charge in [0.2, 0.25) is 0 Å². The summed E-state index contributed by atoms with van der Waals surface area (Å²) in [4.78, 5) is 18.8. The normalized spacial score (nSPS) is 26.7. The van der Waals surface area contributed by atoms with Gasteiger partial charge >= 0.3 is 6.09 Å². The SMILES string of the molecule is Cn1ccnc1CCNC1CC2CCC(C1)N2C(=O)OC(C)(C)C. The Morgan fingerprint density at radius 3 is 2.54 bits per heavy atom. The molecule has 2 atom stereocenters. The van der Waals surface area contributed by atoms with Crippen LogP contribution < -0.4 is 5.32 Å². The standard InChI is InChI=1S/C18H30N4O2/c1-18(2,3)24-17(23)22-14-5-6-15(22)12-13(11-14)19-8-7-16-20-9-10-21(16)4/h9-10,13-15,19H,5-8,11-12H2,1-4H3. The lowest BCUT2D eigenvalue weighted by atomic mass is 9.97. The van der Waals surface area contributed by atoms with Crippen molar-refractivity contribution in [2.24, 2.45) is 7.05 Å². The van der Waals surface area contributed by atoms with Gasteiger partial charge in [-0.25, -0.2) is 9.78 Å². The summed E-state index contributed by atoms with van der Waals surface area (Å²) in [6.07, 6.45) is 8.87. The van der Waals surface area contributed by atoms with Crippen molar-refractivity contribution in [1.29, 1.82) is 0 Å². The molecule has 3 heterocycles. The van der Waals surface area contributed by atoms with Gasteiger partial charge in [0.15, 0.2) is 0 Å². The van der Waals surface area contributed by atoms with Gasteiger partial charge < -0.3 is 19.5 Å². The van der Waals surface area contributed by atoms with Crippen molar-refractivity contribution in [3.05, 3.63) is 18.2 Å². The average molecular weight is 334 g/mol. The number of nitrogens with zero attached hydrogens (tertiary/aromatic N) is 3. The van der Waals surface area contributed by atoms with Crippen molar-refractivity contribution in [3.63, 3.8) is 0 Å². The first-order valence-electron chi connectivity index (χ1n) is 9.04. The van der Waals surface area contributed by atoms with Crippen LogP contribution in [0.1, 0.15) is 52.3 Å². The molecule has 2 unspecified atom stereocenters. The zero-order valence-corrected chi connectivity index (χ0v) is 15.3. The van der Waals surface area contributed by atoms with E-state index in [4.69, 9.17) is 4.74 Å². The van der Waals surface area contributed by atoms with Crippen LogP contribution in [0.2, 0.25) is 0 Å². The molecule has 2 aliphatic rings. The predicted molar refractivity (Wildman–Crippen MR) is 92.8 cm³/mol. The van der Waals surface area contributed by atoms with Crippen LogP contribution in [-0.4, -0.2) is 50.8 Å². The Kier molecular flexibility index (Phi) is 4.85. The molecule has 1 amide bonds. The quantitative estimate of drug-likeness (QED) is 0.919. The van der Waals surface area contributed by atoms with Crippen molar-refractivity contribution >= 4 is 6.09 Å². The molecule has 0 aliphatic carbocycles. The average Bonchev–Trinajstić information content (AvgIpc) is 2.99. The summed E-state index contributed by atoms with van der Waals surface area (Å²) in [6.45, 7) is 6.72. The van der Waals surface area contributed by atoms with E-state index in [0.717, 1.165) is 44.5 Å². The Labute approximate surface area is 144 Å². The van der Waals surface area contributed by atoms with E-state index in [9.17, 15) is 4.79 Å². The fourth-order valence-corrected chi connectivity index (χ4v) is 3.98. The fourth-order valence-electron chi connectivity index (χ4n) is 3.98. The summed E-state index contributed by atoms with van der Waals surface area (Å²) >= 11 is 0. The number of aromatic nitrogens is 2. The number of carbonyl (C=O) groups excluding carboxylic acids is 1. The number of hydrogen-bond donors (Lipinski definition) is 1. The van der Waals surface area contributed by atoms with Crippen LogP contribution in [0.3, 0.4) is 0 Å². The second kappa shape index (κ2) is 6.75. The summed E-state index contributed by atoms with van der Waals surface area (Å²) in [5.74, 6) is 1.11. The molecule has 2 fully saturated rings. The first-order chi connectivity index (χ1) is 11.3. The van der Waals surface area contributed by atoms with Gasteiger partial charge in [0, 0.05) is 50.5 Å². The van der Waals surface area contributed by atoms with Crippen molar-refractivity contribution in [2.75, 3.05) is 6.54 Å². The topological polar surface area (TPSA) is 59.4 Å². The Balaban J connectivity index is 1.50. The van der Waals surface area contributed by atoms with E-state index in [-0.39, 0.29) is 6.09 Å². The highest BCUT2D eigenvalue weighted by Crippen LogP contribution is 2.36. The number of fused-ring (bicyclic) bond motifs is 2. The number of carbonyl (C=O) groups is 1. The Bertz CT molecular complexity index is 564.